The van der Waals surface area contributed by atoms with E-state index in [1.807, 2.05) is 54.6 Å². The zero-order chi connectivity index (χ0) is 25.1. The Morgan fingerprint density at radius 2 is 1.75 bits per heavy atom. The van der Waals surface area contributed by atoms with Crippen molar-refractivity contribution in [3.8, 4) is 5.75 Å². The van der Waals surface area contributed by atoms with E-state index in [1.165, 1.54) is 5.56 Å². The number of carbonyl (C=O) groups is 2. The molecule has 1 aromatic heterocycles. The number of rotatable bonds is 3. The van der Waals surface area contributed by atoms with E-state index in [9.17, 15) is 9.59 Å². The van der Waals surface area contributed by atoms with E-state index < -0.39 is 6.04 Å². The van der Waals surface area contributed by atoms with Gasteiger partial charge in [0.25, 0.3) is 0 Å². The zero-order valence-corrected chi connectivity index (χ0v) is 20.7. The van der Waals surface area contributed by atoms with Crippen molar-refractivity contribution in [2.45, 2.75) is 38.1 Å². The van der Waals surface area contributed by atoms with Gasteiger partial charge in [0.2, 0.25) is 11.8 Å². The minimum absolute atomic E-state index is 0.155. The van der Waals surface area contributed by atoms with E-state index in [4.69, 9.17) is 4.74 Å². The number of ether oxygens (including phenoxy) is 1. The maximum absolute atomic E-state index is 13.7. The Morgan fingerprint density at radius 3 is 2.56 bits per heavy atom. The third-order valence-electron chi connectivity index (χ3n) is 6.99. The van der Waals surface area contributed by atoms with Crippen LogP contribution in [0, 0.1) is 0 Å². The first-order valence-electron chi connectivity index (χ1n) is 12.4. The molecule has 3 aromatic carbocycles. The molecule has 1 aliphatic heterocycles. The highest BCUT2D eigenvalue weighted by Gasteiger charge is 2.26. The van der Waals surface area contributed by atoms with E-state index in [1.54, 1.807) is 19.1 Å². The smallest absolute Gasteiger partial charge is 0.249 e. The second-order valence-electron chi connectivity index (χ2n) is 9.40. The Bertz CT molecular complexity index is 1390. The summed E-state index contributed by atoms with van der Waals surface area (Å²) in [5, 5.41) is 4.13. The number of benzene rings is 3. The monoisotopic (exact) mass is 481 g/mol. The fourth-order valence-electron chi connectivity index (χ4n) is 5.06. The minimum atomic E-state index is -0.686. The number of aromatic amines is 1. The third kappa shape index (κ3) is 4.98. The van der Waals surface area contributed by atoms with E-state index in [0.29, 0.717) is 6.42 Å². The number of aromatic nitrogens is 1. The molecular weight excluding hydrogens is 450 g/mol. The summed E-state index contributed by atoms with van der Waals surface area (Å²) in [6, 6.07) is 23.1. The molecule has 0 aliphatic carbocycles. The van der Waals surface area contributed by atoms with Gasteiger partial charge in [-0.25, -0.2) is 0 Å². The normalized spacial score (nSPS) is 16.2. The minimum Gasteiger partial charge on any atom is -0.497 e. The predicted molar refractivity (Wildman–Crippen MR) is 143 cm³/mol. The van der Waals surface area contributed by atoms with Crippen LogP contribution in [0.1, 0.15) is 28.8 Å². The van der Waals surface area contributed by atoms with Crippen molar-refractivity contribution in [1.29, 1.82) is 0 Å². The summed E-state index contributed by atoms with van der Waals surface area (Å²) in [6.07, 6.45) is 3.44. The topological polar surface area (TPSA) is 74.4 Å². The number of aryl methyl sites for hydroxylation is 2. The zero-order valence-electron chi connectivity index (χ0n) is 20.7. The first-order valence-corrected chi connectivity index (χ1v) is 12.4. The first-order chi connectivity index (χ1) is 17.5. The molecule has 6 heteroatoms. The van der Waals surface area contributed by atoms with Gasteiger partial charge in [0.15, 0.2) is 0 Å². The highest BCUT2D eigenvalue weighted by atomic mass is 16.5. The van der Waals surface area contributed by atoms with Gasteiger partial charge in [-0.1, -0.05) is 42.5 Å². The van der Waals surface area contributed by atoms with Crippen molar-refractivity contribution in [1.82, 2.24) is 10.3 Å². The van der Waals surface area contributed by atoms with Crippen LogP contribution in [-0.2, 0) is 35.3 Å². The molecule has 0 unspecified atom stereocenters. The maximum Gasteiger partial charge on any atom is 0.249 e. The molecule has 0 saturated heterocycles. The van der Waals surface area contributed by atoms with Crippen LogP contribution < -0.4 is 15.0 Å². The number of carbonyl (C=O) groups excluding carboxylic acids is 2. The molecule has 2 heterocycles. The van der Waals surface area contributed by atoms with Crippen LogP contribution in [0.4, 0.5) is 5.69 Å². The summed E-state index contributed by atoms with van der Waals surface area (Å²) in [7, 11) is 3.35. The Labute approximate surface area is 211 Å². The molecular formula is C30H31N3O3. The molecule has 36 heavy (non-hydrogen) atoms. The second-order valence-corrected chi connectivity index (χ2v) is 9.40. The van der Waals surface area contributed by atoms with Crippen molar-refractivity contribution in [3.63, 3.8) is 0 Å². The van der Waals surface area contributed by atoms with E-state index >= 15 is 0 Å². The van der Waals surface area contributed by atoms with Gasteiger partial charge in [0.05, 0.1) is 13.5 Å². The summed E-state index contributed by atoms with van der Waals surface area (Å²) in [6.45, 7) is 0. The summed E-state index contributed by atoms with van der Waals surface area (Å²) >= 11 is 0. The summed E-state index contributed by atoms with van der Waals surface area (Å²) in [4.78, 5) is 32.1. The van der Waals surface area contributed by atoms with E-state index in [0.717, 1.165) is 58.4 Å². The summed E-state index contributed by atoms with van der Waals surface area (Å²) in [5.74, 6) is 0.409. The highest BCUT2D eigenvalue weighted by Crippen LogP contribution is 2.25. The van der Waals surface area contributed by atoms with Crippen LogP contribution in [0.5, 0.6) is 5.75 Å². The van der Waals surface area contributed by atoms with Gasteiger partial charge < -0.3 is 19.9 Å². The molecule has 0 saturated carbocycles. The third-order valence-corrected chi connectivity index (χ3v) is 6.99. The summed E-state index contributed by atoms with van der Waals surface area (Å²) in [5.41, 5.74) is 6.17. The molecule has 2 N–H and O–H groups in total. The van der Waals surface area contributed by atoms with Crippen LogP contribution >= 0.6 is 0 Å². The van der Waals surface area contributed by atoms with Crippen molar-refractivity contribution in [2.24, 2.45) is 0 Å². The van der Waals surface area contributed by atoms with Crippen molar-refractivity contribution in [3.05, 3.63) is 95.2 Å². The molecule has 4 aromatic rings. The lowest BCUT2D eigenvalue weighted by atomic mass is 9.99. The number of nitrogens with one attached hydrogen (secondary N) is 2. The molecule has 1 aliphatic rings. The standard InChI is InChI=1S/C30H31N3O3/c1-33(22-13-15-23(36-2)16-14-22)30(35)28-18-21-9-5-7-20(17-21)8-6-12-27-25(19-29(34)32-28)24-10-3-4-11-26(24)31-27/h3-5,7,9-11,13-17,28,31H,6,8,12,18-19H2,1-2H3,(H,32,34)/t28-/m0/s1. The van der Waals surface area contributed by atoms with Gasteiger partial charge in [-0.05, 0) is 66.3 Å². The number of H-pyrrole nitrogens is 1. The quantitative estimate of drug-likeness (QED) is 0.449. The largest absolute Gasteiger partial charge is 0.497 e. The van der Waals surface area contributed by atoms with Gasteiger partial charge in [0.1, 0.15) is 11.8 Å². The average Bonchev–Trinajstić information content (AvgIpc) is 3.24. The average molecular weight is 482 g/mol. The molecule has 2 bridgehead atoms. The first kappa shape index (κ1) is 23.7. The molecule has 2 amide bonds. The molecule has 0 spiro atoms. The van der Waals surface area contributed by atoms with Gasteiger partial charge in [-0.15, -0.1) is 0 Å². The molecule has 5 rings (SSSR count). The van der Waals surface area contributed by atoms with Gasteiger partial charge in [-0.3, -0.25) is 9.59 Å². The van der Waals surface area contributed by atoms with Crippen LogP contribution in [0.3, 0.4) is 0 Å². The van der Waals surface area contributed by atoms with Crippen molar-refractivity contribution < 1.29 is 14.3 Å². The number of fused-ring (bicyclic) bond motifs is 5. The number of amides is 2. The molecule has 0 radical (unpaired) electrons. The second kappa shape index (κ2) is 10.3. The van der Waals surface area contributed by atoms with E-state index in [-0.39, 0.29) is 18.2 Å². The Morgan fingerprint density at radius 1 is 0.972 bits per heavy atom. The maximum atomic E-state index is 13.7. The van der Waals surface area contributed by atoms with Crippen LogP contribution in [0.15, 0.2) is 72.8 Å². The van der Waals surface area contributed by atoms with Gasteiger partial charge >= 0.3 is 0 Å². The van der Waals surface area contributed by atoms with Crippen LogP contribution in [0.25, 0.3) is 10.9 Å². The number of likely N-dealkylation sites (N-methyl/N-ethyl adjacent to an activating group) is 1. The predicted octanol–water partition coefficient (Wildman–Crippen LogP) is 4.60. The SMILES string of the molecule is COc1ccc(N(C)C(=O)[C@@H]2Cc3cccc(c3)CCCc3[nH]c4ccccc4c3CC(=O)N2)cc1. The van der Waals surface area contributed by atoms with E-state index in [2.05, 4.69) is 28.5 Å². The van der Waals surface area contributed by atoms with Crippen LogP contribution in [-0.4, -0.2) is 37.0 Å². The molecule has 6 nitrogen and oxygen atoms in total. The number of hydrogen-bond donors (Lipinski definition) is 2. The lowest BCUT2D eigenvalue weighted by Gasteiger charge is -2.25. The highest BCUT2D eigenvalue weighted by molar-refractivity contribution is 5.99. The Kier molecular flexibility index (Phi) is 6.76. The molecule has 0 fully saturated rings. The van der Waals surface area contributed by atoms with Crippen molar-refractivity contribution >= 4 is 28.4 Å². The number of methoxy groups -OCH3 is 1. The lowest BCUT2D eigenvalue weighted by Crippen LogP contribution is -2.49. The number of para-hydroxylation sites is 1. The lowest BCUT2D eigenvalue weighted by molar-refractivity contribution is -0.127. The number of nitrogens with zero attached hydrogens (tertiary/aromatic N) is 1. The molecule has 184 valence electrons. The number of hydrogen-bond acceptors (Lipinski definition) is 3. The van der Waals surface area contributed by atoms with Gasteiger partial charge in [0, 0.05) is 35.8 Å². The Balaban J connectivity index is 1.48. The summed E-state index contributed by atoms with van der Waals surface area (Å²) < 4.78 is 5.24. The number of anilines is 1. The fourth-order valence-corrected chi connectivity index (χ4v) is 5.06. The fraction of sp³-hybridized carbons (Fsp3) is 0.267. The van der Waals surface area contributed by atoms with Crippen molar-refractivity contribution in [2.75, 3.05) is 19.1 Å². The van der Waals surface area contributed by atoms with Gasteiger partial charge in [-0.2, -0.15) is 0 Å². The molecule has 1 atom stereocenters. The Hall–Kier alpha value is -4.06. The van der Waals surface area contributed by atoms with Crippen LogP contribution in [0.2, 0.25) is 0 Å².